The predicted molar refractivity (Wildman–Crippen MR) is 64.3 cm³/mol. The fourth-order valence-electron chi connectivity index (χ4n) is 2.80. The number of epoxide rings is 1. The van der Waals surface area contributed by atoms with Gasteiger partial charge in [-0.25, -0.2) is 0 Å². The van der Waals surface area contributed by atoms with Crippen molar-refractivity contribution in [2.75, 3.05) is 13.7 Å². The van der Waals surface area contributed by atoms with Crippen molar-refractivity contribution in [3.05, 3.63) is 35.9 Å². The van der Waals surface area contributed by atoms with E-state index in [0.717, 1.165) is 5.56 Å². The van der Waals surface area contributed by atoms with Gasteiger partial charge in [0, 0.05) is 12.7 Å². The quantitative estimate of drug-likeness (QED) is 0.752. The number of hydrogen-bond donors (Lipinski definition) is 0. The highest BCUT2D eigenvalue weighted by molar-refractivity contribution is 5.17. The van der Waals surface area contributed by atoms with Crippen LogP contribution < -0.4 is 0 Å². The van der Waals surface area contributed by atoms with Gasteiger partial charge in [0.2, 0.25) is 0 Å². The molecule has 0 spiro atoms. The average molecular weight is 264 g/mol. The fourth-order valence-corrected chi connectivity index (χ4v) is 2.80. The van der Waals surface area contributed by atoms with Gasteiger partial charge in [0.15, 0.2) is 12.6 Å². The van der Waals surface area contributed by atoms with Crippen LogP contribution in [-0.2, 0) is 23.7 Å². The van der Waals surface area contributed by atoms with Crippen molar-refractivity contribution in [1.82, 2.24) is 0 Å². The van der Waals surface area contributed by atoms with Crippen LogP contribution in [0, 0.1) is 0 Å². The summed E-state index contributed by atoms with van der Waals surface area (Å²) >= 11 is 0. The number of methoxy groups -OCH3 is 1. The molecule has 0 N–H and O–H groups in total. The van der Waals surface area contributed by atoms with Crippen molar-refractivity contribution in [1.29, 1.82) is 0 Å². The molecule has 1 aromatic rings. The van der Waals surface area contributed by atoms with Crippen molar-refractivity contribution < 1.29 is 23.7 Å². The molecular formula is C14H16O5. The van der Waals surface area contributed by atoms with Crippen molar-refractivity contribution in [2.24, 2.45) is 0 Å². The maximum atomic E-state index is 6.00. The van der Waals surface area contributed by atoms with Crippen LogP contribution in [0.2, 0.25) is 0 Å². The maximum Gasteiger partial charge on any atom is 0.186 e. The van der Waals surface area contributed by atoms with E-state index in [1.165, 1.54) is 0 Å². The molecule has 1 aromatic carbocycles. The second-order valence-corrected chi connectivity index (χ2v) is 5.02. The van der Waals surface area contributed by atoms with E-state index >= 15 is 0 Å². The van der Waals surface area contributed by atoms with Crippen LogP contribution in [0.5, 0.6) is 0 Å². The van der Waals surface area contributed by atoms with Crippen molar-refractivity contribution in [3.8, 4) is 0 Å². The molecule has 0 bridgehead atoms. The Morgan fingerprint density at radius 1 is 1.00 bits per heavy atom. The minimum Gasteiger partial charge on any atom is -0.361 e. The molecule has 3 aliphatic rings. The highest BCUT2D eigenvalue weighted by atomic mass is 16.8. The zero-order valence-electron chi connectivity index (χ0n) is 10.6. The van der Waals surface area contributed by atoms with E-state index < -0.39 is 0 Å². The molecular weight excluding hydrogens is 248 g/mol. The molecule has 0 amide bonds. The SMILES string of the molecule is CO[C@H]1O[C@@H]2CO[C@@H](c3ccccc3)O[C@H]2C2OC21. The topological polar surface area (TPSA) is 49.5 Å². The molecule has 3 saturated heterocycles. The van der Waals surface area contributed by atoms with Gasteiger partial charge in [-0.3, -0.25) is 0 Å². The highest BCUT2D eigenvalue weighted by Crippen LogP contribution is 2.43. The minimum absolute atomic E-state index is 0.000716. The van der Waals surface area contributed by atoms with Crippen molar-refractivity contribution in [3.63, 3.8) is 0 Å². The molecule has 2 unspecified atom stereocenters. The standard InChI is InChI=1S/C14H16O5/c1-15-14-12-11(18-12)10-9(17-14)7-16-13(19-10)8-5-3-2-4-6-8/h2-6,9-14H,7H2,1H3/t9-,10-,11?,12?,13-,14+/m1/s1. The Morgan fingerprint density at radius 2 is 1.84 bits per heavy atom. The van der Waals surface area contributed by atoms with E-state index in [1.807, 2.05) is 30.3 Å². The first-order chi connectivity index (χ1) is 9.36. The zero-order valence-corrected chi connectivity index (χ0v) is 10.6. The number of rotatable bonds is 2. The lowest BCUT2D eigenvalue weighted by Crippen LogP contribution is -2.52. The Morgan fingerprint density at radius 3 is 2.63 bits per heavy atom. The maximum absolute atomic E-state index is 6.00. The summed E-state index contributed by atoms with van der Waals surface area (Å²) in [7, 11) is 1.63. The van der Waals surface area contributed by atoms with Gasteiger partial charge < -0.3 is 23.7 Å². The normalized spacial score (nSPS) is 44.3. The lowest BCUT2D eigenvalue weighted by Gasteiger charge is -2.39. The molecule has 5 nitrogen and oxygen atoms in total. The van der Waals surface area contributed by atoms with Crippen LogP contribution >= 0.6 is 0 Å². The molecule has 6 atom stereocenters. The first-order valence-electron chi connectivity index (χ1n) is 6.52. The summed E-state index contributed by atoms with van der Waals surface area (Å²) < 4.78 is 28.4. The Hall–Kier alpha value is -0.980. The van der Waals surface area contributed by atoms with Crippen LogP contribution in [0.15, 0.2) is 30.3 Å². The summed E-state index contributed by atoms with van der Waals surface area (Å²) in [5.41, 5.74) is 1.02. The van der Waals surface area contributed by atoms with E-state index in [1.54, 1.807) is 7.11 Å². The monoisotopic (exact) mass is 264 g/mol. The smallest absolute Gasteiger partial charge is 0.186 e. The lowest BCUT2D eigenvalue weighted by atomic mass is 10.0. The summed E-state index contributed by atoms with van der Waals surface area (Å²) in [6.07, 6.45) is -0.759. The Bertz CT molecular complexity index is 450. The lowest BCUT2D eigenvalue weighted by molar-refractivity contribution is -0.304. The molecule has 0 saturated carbocycles. The second kappa shape index (κ2) is 4.54. The molecule has 0 radical (unpaired) electrons. The summed E-state index contributed by atoms with van der Waals surface area (Å²) in [5.74, 6) is 0. The molecule has 5 heteroatoms. The molecule has 0 aliphatic carbocycles. The Kier molecular flexibility index (Phi) is 2.82. The van der Waals surface area contributed by atoms with E-state index in [0.29, 0.717) is 6.61 Å². The summed E-state index contributed by atoms with van der Waals surface area (Å²) in [6.45, 7) is 0.497. The van der Waals surface area contributed by atoms with Crippen LogP contribution in [0.1, 0.15) is 11.9 Å². The third-order valence-electron chi connectivity index (χ3n) is 3.83. The third kappa shape index (κ3) is 1.98. The second-order valence-electron chi connectivity index (χ2n) is 5.02. The number of hydrogen-bond acceptors (Lipinski definition) is 5. The first kappa shape index (κ1) is 11.8. The highest BCUT2D eigenvalue weighted by Gasteiger charge is 2.60. The summed E-state index contributed by atoms with van der Waals surface area (Å²) in [6, 6.07) is 9.92. The van der Waals surface area contributed by atoms with Crippen molar-refractivity contribution >= 4 is 0 Å². The van der Waals surface area contributed by atoms with Gasteiger partial charge in [-0.1, -0.05) is 30.3 Å². The van der Waals surface area contributed by atoms with E-state index in [9.17, 15) is 0 Å². The summed E-state index contributed by atoms with van der Waals surface area (Å²) in [5, 5.41) is 0. The minimum atomic E-state index is -0.338. The van der Waals surface area contributed by atoms with Gasteiger partial charge in [0.25, 0.3) is 0 Å². The number of fused-ring (bicyclic) bond motifs is 3. The average Bonchev–Trinajstić information content (AvgIpc) is 3.27. The van der Waals surface area contributed by atoms with Gasteiger partial charge in [-0.2, -0.15) is 0 Å². The van der Waals surface area contributed by atoms with Gasteiger partial charge in [0.1, 0.15) is 24.4 Å². The molecule has 0 aromatic heterocycles. The van der Waals surface area contributed by atoms with Gasteiger partial charge in [-0.05, 0) is 0 Å². The molecule has 102 valence electrons. The Labute approximate surface area is 111 Å². The number of benzene rings is 1. The largest absolute Gasteiger partial charge is 0.361 e. The van der Waals surface area contributed by atoms with Crippen LogP contribution in [0.3, 0.4) is 0 Å². The van der Waals surface area contributed by atoms with Gasteiger partial charge in [-0.15, -0.1) is 0 Å². The van der Waals surface area contributed by atoms with Crippen molar-refractivity contribution in [2.45, 2.75) is 37.0 Å². The van der Waals surface area contributed by atoms with E-state index in [4.69, 9.17) is 23.7 Å². The molecule has 4 rings (SSSR count). The fraction of sp³-hybridized carbons (Fsp3) is 0.571. The third-order valence-corrected chi connectivity index (χ3v) is 3.83. The predicted octanol–water partition coefficient (Wildman–Crippen LogP) is 1.24. The molecule has 19 heavy (non-hydrogen) atoms. The van der Waals surface area contributed by atoms with Gasteiger partial charge >= 0.3 is 0 Å². The van der Waals surface area contributed by atoms with Crippen LogP contribution in [-0.4, -0.2) is 44.4 Å². The van der Waals surface area contributed by atoms with Crippen LogP contribution in [0.25, 0.3) is 0 Å². The van der Waals surface area contributed by atoms with Gasteiger partial charge in [0.05, 0.1) is 6.61 Å². The zero-order chi connectivity index (χ0) is 12.8. The Balaban J connectivity index is 1.50. The first-order valence-corrected chi connectivity index (χ1v) is 6.52. The van der Waals surface area contributed by atoms with E-state index in [-0.39, 0.29) is 37.0 Å². The molecule has 3 heterocycles. The summed E-state index contributed by atoms with van der Waals surface area (Å²) in [4.78, 5) is 0. The number of ether oxygens (including phenoxy) is 5. The molecule has 3 fully saturated rings. The van der Waals surface area contributed by atoms with Crippen LogP contribution in [0.4, 0.5) is 0 Å². The van der Waals surface area contributed by atoms with E-state index in [2.05, 4.69) is 0 Å². The molecule has 3 aliphatic heterocycles.